The predicted octanol–water partition coefficient (Wildman–Crippen LogP) is 2.84. The number of aromatic nitrogens is 1. The highest BCUT2D eigenvalue weighted by Crippen LogP contribution is 2.19. The van der Waals surface area contributed by atoms with E-state index in [2.05, 4.69) is 21.7 Å². The van der Waals surface area contributed by atoms with E-state index in [0.717, 1.165) is 17.8 Å². The van der Waals surface area contributed by atoms with Crippen LogP contribution >= 0.6 is 0 Å². The van der Waals surface area contributed by atoms with E-state index in [-0.39, 0.29) is 6.03 Å². The average Bonchev–Trinajstić information content (AvgIpc) is 2.54. The molecule has 0 atom stereocenters. The molecule has 1 aliphatic rings. The highest BCUT2D eigenvalue weighted by atomic mass is 16.2. The lowest BCUT2D eigenvalue weighted by molar-refractivity contribution is 0.240. The number of rotatable bonds is 6. The topological polar surface area (TPSA) is 57.3 Å². The van der Waals surface area contributed by atoms with Crippen molar-refractivity contribution in [1.29, 1.82) is 0 Å². The van der Waals surface area contributed by atoms with Crippen LogP contribution in [0.4, 0.5) is 10.6 Å². The number of nitrogens with zero attached hydrogens (tertiary/aromatic N) is 2. The van der Waals surface area contributed by atoms with Crippen LogP contribution in [0, 0.1) is 0 Å². The van der Waals surface area contributed by atoms with Gasteiger partial charge in [0.05, 0.1) is 0 Å². The van der Waals surface area contributed by atoms with E-state index in [9.17, 15) is 4.79 Å². The van der Waals surface area contributed by atoms with Crippen LogP contribution in [0.15, 0.2) is 30.0 Å². The van der Waals surface area contributed by atoms with Crippen LogP contribution in [0.3, 0.4) is 0 Å². The summed E-state index contributed by atoms with van der Waals surface area (Å²) in [5, 5.41) is 5.81. The number of allylic oxidation sites excluding steroid dienone is 1. The van der Waals surface area contributed by atoms with Crippen molar-refractivity contribution in [2.45, 2.75) is 38.6 Å². The molecular formula is C17H26N4O. The van der Waals surface area contributed by atoms with Crippen LogP contribution in [0.2, 0.25) is 0 Å². The Balaban J connectivity index is 1.69. The molecule has 0 spiro atoms. The summed E-state index contributed by atoms with van der Waals surface area (Å²) in [6.07, 6.45) is 10.0. The van der Waals surface area contributed by atoms with Crippen molar-refractivity contribution in [3.63, 3.8) is 0 Å². The van der Waals surface area contributed by atoms with Crippen LogP contribution < -0.4 is 15.5 Å². The Labute approximate surface area is 132 Å². The van der Waals surface area contributed by atoms with Gasteiger partial charge in [0.2, 0.25) is 0 Å². The van der Waals surface area contributed by atoms with Crippen molar-refractivity contribution in [2.75, 3.05) is 25.5 Å². The maximum atomic E-state index is 11.8. The summed E-state index contributed by atoms with van der Waals surface area (Å²) in [4.78, 5) is 18.0. The number of pyridine rings is 1. The molecule has 0 unspecified atom stereocenters. The Hall–Kier alpha value is -2.04. The molecule has 2 rings (SSSR count). The summed E-state index contributed by atoms with van der Waals surface area (Å²) >= 11 is 0. The molecule has 5 nitrogen and oxygen atoms in total. The largest absolute Gasteiger partial charge is 0.363 e. The van der Waals surface area contributed by atoms with Crippen molar-refractivity contribution >= 4 is 11.8 Å². The van der Waals surface area contributed by atoms with E-state index in [1.165, 1.54) is 31.3 Å². The first-order chi connectivity index (χ1) is 10.6. The minimum Gasteiger partial charge on any atom is -0.363 e. The maximum absolute atomic E-state index is 11.8. The minimum absolute atomic E-state index is 0.111. The van der Waals surface area contributed by atoms with Gasteiger partial charge in [-0.2, -0.15) is 0 Å². The zero-order chi connectivity index (χ0) is 15.8. The van der Waals surface area contributed by atoms with Gasteiger partial charge >= 0.3 is 6.03 Å². The fourth-order valence-corrected chi connectivity index (χ4v) is 2.53. The molecule has 2 amide bonds. The van der Waals surface area contributed by atoms with Gasteiger partial charge in [0, 0.05) is 33.4 Å². The number of hydrogen-bond acceptors (Lipinski definition) is 3. The van der Waals surface area contributed by atoms with Gasteiger partial charge in [-0.05, 0) is 49.8 Å². The van der Waals surface area contributed by atoms with Crippen molar-refractivity contribution < 1.29 is 4.79 Å². The molecular weight excluding hydrogens is 276 g/mol. The fourth-order valence-electron chi connectivity index (χ4n) is 2.53. The Morgan fingerprint density at radius 3 is 2.91 bits per heavy atom. The Bertz CT molecular complexity index is 525. The maximum Gasteiger partial charge on any atom is 0.315 e. The van der Waals surface area contributed by atoms with Gasteiger partial charge in [-0.1, -0.05) is 11.6 Å². The monoisotopic (exact) mass is 302 g/mol. The summed E-state index contributed by atoms with van der Waals surface area (Å²) in [6.45, 7) is 1.22. The second-order valence-electron chi connectivity index (χ2n) is 5.88. The van der Waals surface area contributed by atoms with E-state index in [4.69, 9.17) is 0 Å². The number of hydrogen-bond donors (Lipinski definition) is 2. The van der Waals surface area contributed by atoms with E-state index in [1.54, 1.807) is 6.20 Å². The second kappa shape index (κ2) is 8.41. The summed E-state index contributed by atoms with van der Waals surface area (Å²) in [7, 11) is 3.90. The number of carbonyl (C=O) groups is 1. The number of carbonyl (C=O) groups excluding carboxylic acids is 1. The van der Waals surface area contributed by atoms with Crippen LogP contribution in [-0.4, -0.2) is 31.7 Å². The summed E-state index contributed by atoms with van der Waals surface area (Å²) in [5.74, 6) is 0.893. The fraction of sp³-hybridized carbons (Fsp3) is 0.529. The van der Waals surface area contributed by atoms with Crippen LogP contribution in [0.1, 0.15) is 37.7 Å². The van der Waals surface area contributed by atoms with Crippen LogP contribution in [0.5, 0.6) is 0 Å². The molecule has 5 heteroatoms. The number of amides is 2. The molecule has 1 aromatic rings. The zero-order valence-corrected chi connectivity index (χ0v) is 13.6. The second-order valence-corrected chi connectivity index (χ2v) is 5.88. The van der Waals surface area contributed by atoms with Crippen molar-refractivity contribution in [2.24, 2.45) is 0 Å². The summed E-state index contributed by atoms with van der Waals surface area (Å²) < 4.78 is 0. The van der Waals surface area contributed by atoms with Gasteiger partial charge in [0.25, 0.3) is 0 Å². The molecule has 0 bridgehead atoms. The first-order valence-electron chi connectivity index (χ1n) is 7.97. The van der Waals surface area contributed by atoms with E-state index >= 15 is 0 Å². The third-order valence-corrected chi connectivity index (χ3v) is 3.84. The standard InChI is InChI=1S/C17H26N4O/c1-21(2)16-12-15(9-10-18-16)13-20-17(22)19-11-8-14-6-4-3-5-7-14/h6,9-10,12H,3-5,7-8,11,13H2,1-2H3,(H2,19,20,22). The quantitative estimate of drug-likeness (QED) is 0.795. The van der Waals surface area contributed by atoms with Crippen LogP contribution in [0.25, 0.3) is 0 Å². The Kier molecular flexibility index (Phi) is 6.25. The van der Waals surface area contributed by atoms with Crippen molar-refractivity contribution in [3.05, 3.63) is 35.5 Å². The summed E-state index contributed by atoms with van der Waals surface area (Å²) in [5.41, 5.74) is 2.53. The first kappa shape index (κ1) is 16.3. The number of anilines is 1. The van der Waals surface area contributed by atoms with Gasteiger partial charge in [0.1, 0.15) is 5.82 Å². The molecule has 120 valence electrons. The highest BCUT2D eigenvalue weighted by Gasteiger charge is 2.05. The molecule has 1 aliphatic carbocycles. The van der Waals surface area contributed by atoms with E-state index in [0.29, 0.717) is 13.1 Å². The minimum atomic E-state index is -0.111. The molecule has 0 aliphatic heterocycles. The lowest BCUT2D eigenvalue weighted by Crippen LogP contribution is -2.35. The number of nitrogens with one attached hydrogen (secondary N) is 2. The molecule has 0 saturated heterocycles. The molecule has 0 fully saturated rings. The first-order valence-corrected chi connectivity index (χ1v) is 7.97. The zero-order valence-electron chi connectivity index (χ0n) is 13.6. The third-order valence-electron chi connectivity index (χ3n) is 3.84. The van der Waals surface area contributed by atoms with Gasteiger partial charge in [-0.3, -0.25) is 0 Å². The normalized spacial score (nSPS) is 14.2. The lowest BCUT2D eigenvalue weighted by Gasteiger charge is -2.14. The van der Waals surface area contributed by atoms with E-state index < -0.39 is 0 Å². The van der Waals surface area contributed by atoms with Crippen molar-refractivity contribution in [3.8, 4) is 0 Å². The van der Waals surface area contributed by atoms with Crippen LogP contribution in [-0.2, 0) is 6.54 Å². The molecule has 22 heavy (non-hydrogen) atoms. The molecule has 1 heterocycles. The predicted molar refractivity (Wildman–Crippen MR) is 90.0 cm³/mol. The SMILES string of the molecule is CN(C)c1cc(CNC(=O)NCCC2=CCCCC2)ccn1. The molecule has 0 aromatic carbocycles. The Morgan fingerprint density at radius 1 is 1.32 bits per heavy atom. The Morgan fingerprint density at radius 2 is 2.18 bits per heavy atom. The van der Waals surface area contributed by atoms with Gasteiger partial charge in [-0.25, -0.2) is 9.78 Å². The third kappa shape index (κ3) is 5.39. The number of urea groups is 1. The van der Waals surface area contributed by atoms with Gasteiger partial charge in [-0.15, -0.1) is 0 Å². The summed E-state index contributed by atoms with van der Waals surface area (Å²) in [6, 6.07) is 3.78. The molecule has 2 N–H and O–H groups in total. The van der Waals surface area contributed by atoms with Gasteiger partial charge < -0.3 is 15.5 Å². The smallest absolute Gasteiger partial charge is 0.315 e. The molecule has 1 aromatic heterocycles. The lowest BCUT2D eigenvalue weighted by atomic mass is 9.97. The molecule has 0 radical (unpaired) electrons. The van der Waals surface area contributed by atoms with Gasteiger partial charge in [0.15, 0.2) is 0 Å². The molecule has 0 saturated carbocycles. The highest BCUT2D eigenvalue weighted by molar-refractivity contribution is 5.73. The average molecular weight is 302 g/mol. The van der Waals surface area contributed by atoms with E-state index in [1.807, 2.05) is 31.1 Å². The van der Waals surface area contributed by atoms with Crippen molar-refractivity contribution in [1.82, 2.24) is 15.6 Å².